The first-order chi connectivity index (χ1) is 11.7. The van der Waals surface area contributed by atoms with Gasteiger partial charge in [0.25, 0.3) is 5.22 Å². The van der Waals surface area contributed by atoms with Crippen molar-refractivity contribution in [3.05, 3.63) is 41.7 Å². The zero-order chi connectivity index (χ0) is 16.5. The minimum Gasteiger partial charge on any atom is -0.510 e. The predicted molar refractivity (Wildman–Crippen MR) is 88.3 cm³/mol. The number of aromatic amines is 1. The first-order valence-electron chi connectivity index (χ1n) is 7.48. The van der Waals surface area contributed by atoms with Gasteiger partial charge in [-0.15, -0.1) is 10.2 Å². The third-order valence-corrected chi connectivity index (χ3v) is 4.54. The van der Waals surface area contributed by atoms with Crippen LogP contribution in [0.2, 0.25) is 0 Å². The van der Waals surface area contributed by atoms with Crippen LogP contribution in [-0.2, 0) is 0 Å². The predicted octanol–water partition coefficient (Wildman–Crippen LogP) is 3.41. The molecule has 3 aromatic rings. The zero-order valence-corrected chi connectivity index (χ0v) is 13.4. The van der Waals surface area contributed by atoms with Crippen molar-refractivity contribution < 1.29 is 9.52 Å². The highest BCUT2D eigenvalue weighted by atomic mass is 32.2. The van der Waals surface area contributed by atoms with E-state index in [1.54, 1.807) is 0 Å². The van der Waals surface area contributed by atoms with E-state index in [0.29, 0.717) is 22.9 Å². The van der Waals surface area contributed by atoms with Crippen LogP contribution in [0, 0.1) is 11.3 Å². The Morgan fingerprint density at radius 1 is 1.38 bits per heavy atom. The summed E-state index contributed by atoms with van der Waals surface area (Å²) < 4.78 is 5.53. The first kappa shape index (κ1) is 14.8. The summed E-state index contributed by atoms with van der Waals surface area (Å²) in [7, 11) is 0. The smallest absolute Gasteiger partial charge is 0.277 e. The van der Waals surface area contributed by atoms with Gasteiger partial charge >= 0.3 is 0 Å². The standard InChI is InChI=1S/C16H13N5O2S/c17-7-10(14-18-11-3-1-2-4-12(11)19-14)13(22)8-24-16-21-20-15(23-16)9-5-6-9/h1-4,9,22H,5-6,8H2,(H,18,19)/b13-10-. The number of fused-ring (bicyclic) bond motifs is 1. The van der Waals surface area contributed by atoms with Crippen molar-refractivity contribution in [1.82, 2.24) is 20.2 Å². The Morgan fingerprint density at radius 2 is 2.21 bits per heavy atom. The number of hydrogen-bond acceptors (Lipinski definition) is 7. The molecule has 120 valence electrons. The fourth-order valence-electron chi connectivity index (χ4n) is 2.30. The summed E-state index contributed by atoms with van der Waals surface area (Å²) in [6.07, 6.45) is 2.17. The molecule has 0 bridgehead atoms. The third kappa shape index (κ3) is 2.86. The van der Waals surface area contributed by atoms with Gasteiger partial charge in [-0.2, -0.15) is 5.26 Å². The lowest BCUT2D eigenvalue weighted by atomic mass is 10.2. The molecule has 1 aliphatic rings. The van der Waals surface area contributed by atoms with E-state index < -0.39 is 0 Å². The molecule has 2 N–H and O–H groups in total. The van der Waals surface area contributed by atoms with Crippen LogP contribution in [0.3, 0.4) is 0 Å². The van der Waals surface area contributed by atoms with Crippen LogP contribution < -0.4 is 0 Å². The van der Waals surface area contributed by atoms with Crippen molar-refractivity contribution in [1.29, 1.82) is 5.26 Å². The molecule has 0 atom stereocenters. The maximum Gasteiger partial charge on any atom is 0.277 e. The number of imidazole rings is 1. The molecule has 0 unspecified atom stereocenters. The molecule has 2 heterocycles. The second-order valence-corrected chi connectivity index (χ2v) is 6.43. The van der Waals surface area contributed by atoms with Crippen molar-refractivity contribution in [2.45, 2.75) is 24.0 Å². The van der Waals surface area contributed by atoms with Gasteiger partial charge < -0.3 is 14.5 Å². The molecule has 4 rings (SSSR count). The molecule has 24 heavy (non-hydrogen) atoms. The van der Waals surface area contributed by atoms with Crippen LogP contribution in [0.5, 0.6) is 0 Å². The second kappa shape index (κ2) is 6.02. The van der Waals surface area contributed by atoms with Crippen LogP contribution in [-0.4, -0.2) is 31.0 Å². The number of aromatic nitrogens is 4. The summed E-state index contributed by atoms with van der Waals surface area (Å²) in [4.78, 5) is 7.38. The summed E-state index contributed by atoms with van der Waals surface area (Å²) >= 11 is 1.20. The van der Waals surface area contributed by atoms with Crippen molar-refractivity contribution in [3.8, 4) is 6.07 Å². The van der Waals surface area contributed by atoms with E-state index in [1.165, 1.54) is 11.8 Å². The normalized spacial score (nSPS) is 15.3. The fourth-order valence-corrected chi connectivity index (χ4v) is 2.95. The highest BCUT2D eigenvalue weighted by Crippen LogP contribution is 2.40. The van der Waals surface area contributed by atoms with E-state index in [4.69, 9.17) is 4.42 Å². The quantitative estimate of drug-likeness (QED) is 0.416. The molecule has 7 nitrogen and oxygen atoms in total. The molecule has 0 radical (unpaired) electrons. The summed E-state index contributed by atoms with van der Waals surface area (Å²) in [6.45, 7) is 0. The summed E-state index contributed by atoms with van der Waals surface area (Å²) in [6, 6.07) is 9.46. The average molecular weight is 339 g/mol. The van der Waals surface area contributed by atoms with E-state index in [-0.39, 0.29) is 17.1 Å². The van der Waals surface area contributed by atoms with Crippen molar-refractivity contribution >= 4 is 28.4 Å². The highest BCUT2D eigenvalue weighted by Gasteiger charge is 2.29. The average Bonchev–Trinajstić information content (AvgIpc) is 3.18. The molecular formula is C16H13N5O2S. The number of hydrogen-bond donors (Lipinski definition) is 2. The van der Waals surface area contributed by atoms with Crippen molar-refractivity contribution in [3.63, 3.8) is 0 Å². The SMILES string of the molecule is N#C/C(=C(/O)CSc1nnc(C2CC2)o1)c1nc2ccccc2[nH]1. The molecule has 8 heteroatoms. The topological polar surface area (TPSA) is 112 Å². The number of benzene rings is 1. The molecule has 0 spiro atoms. The van der Waals surface area contributed by atoms with E-state index in [1.807, 2.05) is 30.3 Å². The zero-order valence-electron chi connectivity index (χ0n) is 12.6. The van der Waals surface area contributed by atoms with Gasteiger partial charge in [0.1, 0.15) is 17.4 Å². The number of rotatable bonds is 5. The Kier molecular flexibility index (Phi) is 3.70. The molecule has 0 amide bonds. The number of H-pyrrole nitrogens is 1. The van der Waals surface area contributed by atoms with Crippen LogP contribution in [0.1, 0.15) is 30.5 Å². The lowest BCUT2D eigenvalue weighted by molar-refractivity contribution is 0.408. The monoisotopic (exact) mass is 339 g/mol. The molecule has 1 aliphatic carbocycles. The van der Waals surface area contributed by atoms with E-state index in [9.17, 15) is 10.4 Å². The van der Waals surface area contributed by atoms with Gasteiger partial charge in [-0.3, -0.25) is 0 Å². The second-order valence-electron chi connectivity index (χ2n) is 5.51. The summed E-state index contributed by atoms with van der Waals surface area (Å²) in [5.41, 5.74) is 1.67. The molecule has 0 saturated heterocycles. The van der Waals surface area contributed by atoms with Gasteiger partial charge in [0.15, 0.2) is 5.82 Å². The van der Waals surface area contributed by atoms with E-state index in [2.05, 4.69) is 20.2 Å². The third-order valence-electron chi connectivity index (χ3n) is 3.71. The van der Waals surface area contributed by atoms with Gasteiger partial charge in [0.2, 0.25) is 5.89 Å². The maximum absolute atomic E-state index is 10.3. The lowest BCUT2D eigenvalue weighted by Gasteiger charge is -2.00. The van der Waals surface area contributed by atoms with E-state index in [0.717, 1.165) is 23.9 Å². The number of nitrogens with zero attached hydrogens (tertiary/aromatic N) is 4. The minimum absolute atomic E-state index is 0.0762. The summed E-state index contributed by atoms with van der Waals surface area (Å²) in [5.74, 6) is 1.47. The first-order valence-corrected chi connectivity index (χ1v) is 8.46. The Morgan fingerprint density at radius 3 is 2.96 bits per heavy atom. The van der Waals surface area contributed by atoms with Gasteiger partial charge in [-0.1, -0.05) is 23.9 Å². The Bertz CT molecular complexity index is 931. The van der Waals surface area contributed by atoms with Gasteiger partial charge in [-0.25, -0.2) is 4.98 Å². The minimum atomic E-state index is -0.0762. The Hall–Kier alpha value is -2.79. The van der Waals surface area contributed by atoms with Crippen LogP contribution >= 0.6 is 11.8 Å². The van der Waals surface area contributed by atoms with Crippen LogP contribution in [0.4, 0.5) is 0 Å². The highest BCUT2D eigenvalue weighted by molar-refractivity contribution is 7.99. The number of thioether (sulfide) groups is 1. The van der Waals surface area contributed by atoms with Crippen LogP contribution in [0.25, 0.3) is 16.6 Å². The van der Waals surface area contributed by atoms with Crippen LogP contribution in [0.15, 0.2) is 39.7 Å². The molecular weight excluding hydrogens is 326 g/mol. The number of aliphatic hydroxyl groups is 1. The van der Waals surface area contributed by atoms with E-state index >= 15 is 0 Å². The Balaban J connectivity index is 1.54. The van der Waals surface area contributed by atoms with Gasteiger partial charge in [0.05, 0.1) is 16.8 Å². The number of nitriles is 1. The van der Waals surface area contributed by atoms with Crippen molar-refractivity contribution in [2.75, 3.05) is 5.75 Å². The Labute approximate surface area is 141 Å². The number of para-hydroxylation sites is 2. The largest absolute Gasteiger partial charge is 0.510 e. The number of nitrogens with one attached hydrogen (secondary N) is 1. The van der Waals surface area contributed by atoms with Gasteiger partial charge in [0, 0.05) is 5.92 Å². The molecule has 1 saturated carbocycles. The number of aliphatic hydroxyl groups excluding tert-OH is 1. The molecule has 2 aromatic heterocycles. The number of allylic oxidation sites excluding steroid dienone is 1. The summed E-state index contributed by atoms with van der Waals surface area (Å²) in [5, 5.41) is 28.0. The molecule has 0 aliphatic heterocycles. The van der Waals surface area contributed by atoms with Crippen molar-refractivity contribution in [2.24, 2.45) is 0 Å². The maximum atomic E-state index is 10.3. The lowest BCUT2D eigenvalue weighted by Crippen LogP contribution is -1.95. The van der Waals surface area contributed by atoms with Gasteiger partial charge in [-0.05, 0) is 25.0 Å². The molecule has 1 fully saturated rings. The fraction of sp³-hybridized carbons (Fsp3) is 0.250. The molecule has 1 aromatic carbocycles.